The highest BCUT2D eigenvalue weighted by molar-refractivity contribution is 5.83. The van der Waals surface area contributed by atoms with Crippen LogP contribution in [-0.4, -0.2) is 5.78 Å². The van der Waals surface area contributed by atoms with E-state index in [0.717, 1.165) is 6.42 Å². The highest BCUT2D eigenvalue weighted by atomic mass is 16.1. The molecule has 0 amide bonds. The molecule has 0 saturated carbocycles. The molecular formula is C12H18O. The number of rotatable bonds is 2. The molecule has 72 valence electrons. The van der Waals surface area contributed by atoms with Gasteiger partial charge in [0.2, 0.25) is 0 Å². The molecule has 1 aliphatic carbocycles. The zero-order valence-corrected chi connectivity index (χ0v) is 8.71. The van der Waals surface area contributed by atoms with Crippen molar-refractivity contribution in [1.29, 1.82) is 0 Å². The van der Waals surface area contributed by atoms with E-state index in [1.807, 2.05) is 18.2 Å². The van der Waals surface area contributed by atoms with Crippen LogP contribution in [0.3, 0.4) is 0 Å². The van der Waals surface area contributed by atoms with Crippen molar-refractivity contribution in [2.24, 2.45) is 11.3 Å². The van der Waals surface area contributed by atoms with Crippen LogP contribution in [0.15, 0.2) is 24.3 Å². The fourth-order valence-electron chi connectivity index (χ4n) is 1.47. The van der Waals surface area contributed by atoms with Gasteiger partial charge in [0.05, 0.1) is 0 Å². The molecule has 1 heteroatoms. The maximum Gasteiger partial charge on any atom is 0.140 e. The van der Waals surface area contributed by atoms with Crippen molar-refractivity contribution >= 4 is 5.78 Å². The lowest BCUT2D eigenvalue weighted by Crippen LogP contribution is -2.19. The summed E-state index contributed by atoms with van der Waals surface area (Å²) in [6, 6.07) is 0. The van der Waals surface area contributed by atoms with Gasteiger partial charge in [0.1, 0.15) is 5.78 Å². The van der Waals surface area contributed by atoms with Crippen molar-refractivity contribution in [3.05, 3.63) is 24.3 Å². The number of allylic oxidation sites excluding steroid dienone is 4. The standard InChI is InChI=1S/C12H18O/c1-12(2,3)9-11(13)10-7-5-4-6-8-10/h4-7,10H,8-9H2,1-3H3. The van der Waals surface area contributed by atoms with Gasteiger partial charge in [-0.05, 0) is 11.8 Å². The summed E-state index contributed by atoms with van der Waals surface area (Å²) in [4.78, 5) is 11.7. The van der Waals surface area contributed by atoms with E-state index in [2.05, 4.69) is 26.8 Å². The number of hydrogen-bond donors (Lipinski definition) is 0. The molecule has 0 bridgehead atoms. The Hall–Kier alpha value is -0.850. The van der Waals surface area contributed by atoms with Gasteiger partial charge in [0.25, 0.3) is 0 Å². The Balaban J connectivity index is 2.49. The molecule has 13 heavy (non-hydrogen) atoms. The zero-order valence-electron chi connectivity index (χ0n) is 8.71. The third kappa shape index (κ3) is 3.58. The average Bonchev–Trinajstić information content (AvgIpc) is 2.03. The molecular weight excluding hydrogens is 160 g/mol. The molecule has 0 spiro atoms. The molecule has 0 fully saturated rings. The Bertz CT molecular complexity index is 240. The third-order valence-corrected chi connectivity index (χ3v) is 2.10. The van der Waals surface area contributed by atoms with Crippen LogP contribution in [-0.2, 0) is 4.79 Å². The van der Waals surface area contributed by atoms with Gasteiger partial charge in [0, 0.05) is 12.3 Å². The molecule has 1 atom stereocenters. The van der Waals surface area contributed by atoms with Crippen molar-refractivity contribution < 1.29 is 4.79 Å². The third-order valence-electron chi connectivity index (χ3n) is 2.10. The van der Waals surface area contributed by atoms with E-state index < -0.39 is 0 Å². The number of hydrogen-bond acceptors (Lipinski definition) is 1. The summed E-state index contributed by atoms with van der Waals surface area (Å²) in [5.41, 5.74) is 0.117. The molecule has 0 heterocycles. The first-order valence-corrected chi connectivity index (χ1v) is 4.85. The van der Waals surface area contributed by atoms with Crippen molar-refractivity contribution in [3.8, 4) is 0 Å². The maximum absolute atomic E-state index is 11.7. The first-order valence-electron chi connectivity index (χ1n) is 4.85. The fourth-order valence-corrected chi connectivity index (χ4v) is 1.47. The normalized spacial score (nSPS) is 21.9. The number of carbonyl (C=O) groups excluding carboxylic acids is 1. The molecule has 0 aromatic heterocycles. The van der Waals surface area contributed by atoms with Crippen LogP contribution in [0.1, 0.15) is 33.6 Å². The first-order chi connectivity index (χ1) is 5.99. The van der Waals surface area contributed by atoms with Crippen LogP contribution in [0.2, 0.25) is 0 Å². The monoisotopic (exact) mass is 178 g/mol. The smallest absolute Gasteiger partial charge is 0.140 e. The molecule has 0 radical (unpaired) electrons. The van der Waals surface area contributed by atoms with Gasteiger partial charge in [0.15, 0.2) is 0 Å². The lowest BCUT2D eigenvalue weighted by atomic mass is 9.84. The topological polar surface area (TPSA) is 17.1 Å². The Morgan fingerprint density at radius 3 is 2.54 bits per heavy atom. The minimum Gasteiger partial charge on any atom is -0.299 e. The second kappa shape index (κ2) is 3.91. The SMILES string of the molecule is CC(C)(C)CC(=O)C1C=CC=CC1. The van der Waals surface area contributed by atoms with Gasteiger partial charge < -0.3 is 0 Å². The van der Waals surface area contributed by atoms with Gasteiger partial charge in [-0.3, -0.25) is 4.79 Å². The Kier molecular flexibility index (Phi) is 3.07. The van der Waals surface area contributed by atoms with E-state index in [1.165, 1.54) is 0 Å². The van der Waals surface area contributed by atoms with Gasteiger partial charge in [-0.15, -0.1) is 0 Å². The Morgan fingerprint density at radius 2 is 2.08 bits per heavy atom. The van der Waals surface area contributed by atoms with Crippen LogP contribution in [0, 0.1) is 11.3 Å². The summed E-state index contributed by atoms with van der Waals surface area (Å²) in [5, 5.41) is 0. The lowest BCUT2D eigenvalue weighted by molar-refractivity contribution is -0.123. The first kappa shape index (κ1) is 10.2. The molecule has 0 aromatic rings. The van der Waals surface area contributed by atoms with E-state index in [1.54, 1.807) is 0 Å². The van der Waals surface area contributed by atoms with Crippen molar-refractivity contribution in [1.82, 2.24) is 0 Å². The second-order valence-corrected chi connectivity index (χ2v) is 4.86. The van der Waals surface area contributed by atoms with E-state index in [0.29, 0.717) is 12.2 Å². The maximum atomic E-state index is 11.7. The predicted octanol–water partition coefficient (Wildman–Crippen LogP) is 3.12. The molecule has 0 saturated heterocycles. The molecule has 0 aliphatic heterocycles. The fraction of sp³-hybridized carbons (Fsp3) is 0.583. The summed E-state index contributed by atoms with van der Waals surface area (Å²) in [6.07, 6.45) is 9.59. The molecule has 0 N–H and O–H groups in total. The van der Waals surface area contributed by atoms with Crippen LogP contribution in [0.4, 0.5) is 0 Å². The van der Waals surface area contributed by atoms with Crippen molar-refractivity contribution in [2.45, 2.75) is 33.6 Å². The minimum atomic E-state index is 0.117. The zero-order chi connectivity index (χ0) is 9.90. The van der Waals surface area contributed by atoms with E-state index in [-0.39, 0.29) is 11.3 Å². The van der Waals surface area contributed by atoms with Crippen molar-refractivity contribution in [3.63, 3.8) is 0 Å². The van der Waals surface area contributed by atoms with Crippen LogP contribution >= 0.6 is 0 Å². The van der Waals surface area contributed by atoms with Gasteiger partial charge in [-0.2, -0.15) is 0 Å². The van der Waals surface area contributed by atoms with Crippen LogP contribution in [0.25, 0.3) is 0 Å². The minimum absolute atomic E-state index is 0.117. The highest BCUT2D eigenvalue weighted by Crippen LogP contribution is 2.24. The molecule has 1 unspecified atom stereocenters. The summed E-state index contributed by atoms with van der Waals surface area (Å²) in [6.45, 7) is 6.31. The summed E-state index contributed by atoms with van der Waals surface area (Å²) < 4.78 is 0. The molecule has 1 rings (SSSR count). The Labute approximate surface area is 80.5 Å². The lowest BCUT2D eigenvalue weighted by Gasteiger charge is -2.20. The summed E-state index contributed by atoms with van der Waals surface area (Å²) in [7, 11) is 0. The van der Waals surface area contributed by atoms with Crippen molar-refractivity contribution in [2.75, 3.05) is 0 Å². The average molecular weight is 178 g/mol. The quantitative estimate of drug-likeness (QED) is 0.635. The predicted molar refractivity (Wildman–Crippen MR) is 55.5 cm³/mol. The van der Waals surface area contributed by atoms with E-state index >= 15 is 0 Å². The Morgan fingerprint density at radius 1 is 1.38 bits per heavy atom. The number of Topliss-reactive ketones (excluding diaryl/α,β-unsaturated/α-hetero) is 1. The highest BCUT2D eigenvalue weighted by Gasteiger charge is 2.21. The van der Waals surface area contributed by atoms with Crippen LogP contribution < -0.4 is 0 Å². The number of carbonyl (C=O) groups is 1. The largest absolute Gasteiger partial charge is 0.299 e. The second-order valence-electron chi connectivity index (χ2n) is 4.86. The summed E-state index contributed by atoms with van der Waals surface area (Å²) >= 11 is 0. The summed E-state index contributed by atoms with van der Waals surface area (Å²) in [5.74, 6) is 0.498. The number of ketones is 1. The van der Waals surface area contributed by atoms with Gasteiger partial charge >= 0.3 is 0 Å². The van der Waals surface area contributed by atoms with E-state index in [4.69, 9.17) is 0 Å². The van der Waals surface area contributed by atoms with Gasteiger partial charge in [-0.25, -0.2) is 0 Å². The van der Waals surface area contributed by atoms with Crippen LogP contribution in [0.5, 0.6) is 0 Å². The molecule has 1 nitrogen and oxygen atoms in total. The van der Waals surface area contributed by atoms with E-state index in [9.17, 15) is 4.79 Å². The molecule has 0 aromatic carbocycles. The van der Waals surface area contributed by atoms with Gasteiger partial charge in [-0.1, -0.05) is 45.1 Å². The molecule has 1 aliphatic rings.